The Balaban J connectivity index is 1.75. The average molecular weight is 459 g/mol. The maximum Gasteiger partial charge on any atom is 0.156 e. The fraction of sp³-hybridized carbons (Fsp3) is 0.333. The Bertz CT molecular complexity index is 1500. The van der Waals surface area contributed by atoms with E-state index in [9.17, 15) is 20.0 Å². The van der Waals surface area contributed by atoms with Crippen LogP contribution in [0.3, 0.4) is 0 Å². The Hall–Kier alpha value is -3.99. The number of fused-ring (bicyclic) bond motifs is 3. The van der Waals surface area contributed by atoms with Gasteiger partial charge in [-0.1, -0.05) is 0 Å². The normalized spacial score (nSPS) is 15.2. The third kappa shape index (κ3) is 3.54. The molecule has 0 saturated heterocycles. The lowest BCUT2D eigenvalue weighted by molar-refractivity contribution is 0.222. The Labute approximate surface area is 195 Å². The van der Waals surface area contributed by atoms with Gasteiger partial charge in [0.15, 0.2) is 5.82 Å². The number of nitriles is 2. The second kappa shape index (κ2) is 8.10. The van der Waals surface area contributed by atoms with Crippen LogP contribution < -0.4 is 10.6 Å². The molecule has 1 atom stereocenters. The van der Waals surface area contributed by atoms with Crippen molar-refractivity contribution in [1.29, 1.82) is 10.5 Å². The first-order valence-electron chi connectivity index (χ1n) is 10.9. The summed E-state index contributed by atoms with van der Waals surface area (Å²) in [5, 5.41) is 36.2. The van der Waals surface area contributed by atoms with Crippen LogP contribution in [0.25, 0.3) is 33.3 Å². The molecule has 172 valence electrons. The summed E-state index contributed by atoms with van der Waals surface area (Å²) in [6, 6.07) is 9.75. The third-order valence-electron chi connectivity index (χ3n) is 6.42. The van der Waals surface area contributed by atoms with Crippen molar-refractivity contribution in [2.75, 3.05) is 19.0 Å². The number of aliphatic hydroxyl groups excluding tert-OH is 1. The van der Waals surface area contributed by atoms with E-state index >= 15 is 0 Å². The molecule has 9 nitrogen and oxygen atoms in total. The summed E-state index contributed by atoms with van der Waals surface area (Å²) in [5.41, 5.74) is 3.06. The lowest BCUT2D eigenvalue weighted by Gasteiger charge is -2.21. The Kier molecular flexibility index (Phi) is 5.20. The van der Waals surface area contributed by atoms with Gasteiger partial charge in [0.1, 0.15) is 23.0 Å². The van der Waals surface area contributed by atoms with Gasteiger partial charge in [-0.3, -0.25) is 5.32 Å². The standard InChI is InChI=1S/C24H23FN8O/c1-28-22-20-21(32(2)13-29-20)18-8-19(15-5-14(9-26)6-16(25)7-15)33(23(18)30-22)11-17(10-27)31-24(12-34)3-4-24/h5-8,13,17,31,34H,3-4,11-12H2,1-2H3,(H,28,30). The molecule has 3 N–H and O–H groups in total. The van der Waals surface area contributed by atoms with Crippen molar-refractivity contribution in [2.45, 2.75) is 31.0 Å². The number of aromatic nitrogens is 4. The van der Waals surface area contributed by atoms with Crippen LogP contribution in [0.1, 0.15) is 18.4 Å². The van der Waals surface area contributed by atoms with E-state index in [1.807, 2.05) is 28.3 Å². The third-order valence-corrected chi connectivity index (χ3v) is 6.42. The second-order valence-corrected chi connectivity index (χ2v) is 8.75. The minimum Gasteiger partial charge on any atom is -0.394 e. The van der Waals surface area contributed by atoms with Crippen molar-refractivity contribution >= 4 is 27.9 Å². The highest BCUT2D eigenvalue weighted by molar-refractivity contribution is 6.07. The van der Waals surface area contributed by atoms with Crippen molar-refractivity contribution < 1.29 is 9.50 Å². The predicted molar refractivity (Wildman–Crippen MR) is 125 cm³/mol. The monoisotopic (exact) mass is 458 g/mol. The van der Waals surface area contributed by atoms with Gasteiger partial charge in [0, 0.05) is 30.6 Å². The van der Waals surface area contributed by atoms with Gasteiger partial charge in [-0.05, 0) is 37.1 Å². The molecule has 4 aromatic rings. The Morgan fingerprint density at radius 1 is 1.26 bits per heavy atom. The molecule has 3 heterocycles. The number of rotatable bonds is 7. The number of benzene rings is 1. The molecule has 1 aliphatic rings. The number of aliphatic hydroxyl groups is 1. The average Bonchev–Trinajstić information content (AvgIpc) is 3.38. The van der Waals surface area contributed by atoms with Gasteiger partial charge in [0.05, 0.1) is 48.4 Å². The molecule has 0 bridgehead atoms. The highest BCUT2D eigenvalue weighted by Crippen LogP contribution is 2.37. The quantitative estimate of drug-likeness (QED) is 0.388. The first kappa shape index (κ1) is 21.8. The topological polar surface area (TPSA) is 128 Å². The zero-order valence-electron chi connectivity index (χ0n) is 18.8. The van der Waals surface area contributed by atoms with E-state index in [4.69, 9.17) is 4.98 Å². The van der Waals surface area contributed by atoms with Gasteiger partial charge in [-0.25, -0.2) is 14.4 Å². The number of anilines is 1. The van der Waals surface area contributed by atoms with Gasteiger partial charge < -0.3 is 19.6 Å². The van der Waals surface area contributed by atoms with Gasteiger partial charge >= 0.3 is 0 Å². The van der Waals surface area contributed by atoms with E-state index in [0.29, 0.717) is 28.2 Å². The number of nitrogens with one attached hydrogen (secondary N) is 2. The van der Waals surface area contributed by atoms with Gasteiger partial charge in [0.2, 0.25) is 0 Å². The number of hydrogen-bond acceptors (Lipinski definition) is 7. The van der Waals surface area contributed by atoms with Gasteiger partial charge in [0.25, 0.3) is 0 Å². The molecule has 3 aromatic heterocycles. The van der Waals surface area contributed by atoms with Crippen LogP contribution in [-0.4, -0.2) is 49.4 Å². The van der Waals surface area contributed by atoms with E-state index in [2.05, 4.69) is 21.7 Å². The van der Waals surface area contributed by atoms with Crippen molar-refractivity contribution in [2.24, 2.45) is 7.05 Å². The lowest BCUT2D eigenvalue weighted by atomic mass is 10.1. The second-order valence-electron chi connectivity index (χ2n) is 8.75. The maximum absolute atomic E-state index is 14.4. The highest BCUT2D eigenvalue weighted by Gasteiger charge is 2.43. The van der Waals surface area contributed by atoms with Crippen molar-refractivity contribution in [3.63, 3.8) is 0 Å². The summed E-state index contributed by atoms with van der Waals surface area (Å²) in [6.07, 6.45) is 3.31. The number of aryl methyl sites for hydroxylation is 1. The van der Waals surface area contributed by atoms with Crippen LogP contribution in [0, 0.1) is 28.5 Å². The molecular formula is C24H23FN8O. The maximum atomic E-state index is 14.4. The predicted octanol–water partition coefficient (Wildman–Crippen LogP) is 2.65. The van der Waals surface area contributed by atoms with E-state index in [-0.39, 0.29) is 18.7 Å². The molecule has 1 aromatic carbocycles. The minimum atomic E-state index is -0.616. The van der Waals surface area contributed by atoms with Crippen LogP contribution >= 0.6 is 0 Å². The van der Waals surface area contributed by atoms with Crippen LogP contribution in [0.5, 0.6) is 0 Å². The summed E-state index contributed by atoms with van der Waals surface area (Å²) < 4.78 is 18.1. The number of nitrogens with zero attached hydrogens (tertiary/aromatic N) is 6. The SMILES string of the molecule is CNc1nc2c(cc(-c3cc(F)cc(C#N)c3)n2CC(C#N)NC2(CO)CC2)c2c1ncn2C. The molecule has 0 spiro atoms. The number of hydrogen-bond donors (Lipinski definition) is 3. The van der Waals surface area contributed by atoms with Crippen molar-refractivity contribution in [1.82, 2.24) is 24.4 Å². The summed E-state index contributed by atoms with van der Waals surface area (Å²) >= 11 is 0. The van der Waals surface area contributed by atoms with Crippen molar-refractivity contribution in [3.8, 4) is 23.4 Å². The fourth-order valence-corrected chi connectivity index (χ4v) is 4.48. The minimum absolute atomic E-state index is 0.0440. The van der Waals surface area contributed by atoms with Crippen LogP contribution in [0.2, 0.25) is 0 Å². The number of halogens is 1. The molecule has 1 fully saturated rings. The molecular weight excluding hydrogens is 435 g/mol. The first-order chi connectivity index (χ1) is 16.4. The van der Waals surface area contributed by atoms with Gasteiger partial charge in [-0.15, -0.1) is 0 Å². The van der Waals surface area contributed by atoms with Crippen LogP contribution in [0.4, 0.5) is 10.2 Å². The van der Waals surface area contributed by atoms with E-state index in [1.165, 1.54) is 12.1 Å². The van der Waals surface area contributed by atoms with Crippen LogP contribution in [0.15, 0.2) is 30.6 Å². The molecule has 34 heavy (non-hydrogen) atoms. The largest absolute Gasteiger partial charge is 0.394 e. The molecule has 1 unspecified atom stereocenters. The molecule has 0 amide bonds. The van der Waals surface area contributed by atoms with Crippen LogP contribution in [-0.2, 0) is 13.6 Å². The highest BCUT2D eigenvalue weighted by atomic mass is 19.1. The van der Waals surface area contributed by atoms with E-state index in [0.717, 1.165) is 23.7 Å². The molecule has 1 aliphatic carbocycles. The Morgan fingerprint density at radius 3 is 2.71 bits per heavy atom. The first-order valence-corrected chi connectivity index (χ1v) is 10.9. The molecule has 5 rings (SSSR count). The molecule has 0 radical (unpaired) electrons. The summed E-state index contributed by atoms with van der Waals surface area (Å²) in [7, 11) is 3.65. The van der Waals surface area contributed by atoms with Gasteiger partial charge in [-0.2, -0.15) is 10.5 Å². The summed E-state index contributed by atoms with van der Waals surface area (Å²) in [5.74, 6) is 0.0639. The fourth-order valence-electron chi connectivity index (χ4n) is 4.48. The van der Waals surface area contributed by atoms with Crippen molar-refractivity contribution in [3.05, 3.63) is 42.0 Å². The van der Waals surface area contributed by atoms with E-state index < -0.39 is 17.4 Å². The zero-order valence-corrected chi connectivity index (χ0v) is 18.8. The summed E-state index contributed by atoms with van der Waals surface area (Å²) in [4.78, 5) is 9.27. The molecule has 1 saturated carbocycles. The Morgan fingerprint density at radius 2 is 2.06 bits per heavy atom. The molecule has 0 aliphatic heterocycles. The summed E-state index contributed by atoms with van der Waals surface area (Å²) in [6.45, 7) is 0.173. The molecule has 10 heteroatoms. The lowest BCUT2D eigenvalue weighted by Crippen LogP contribution is -2.44. The smallest absolute Gasteiger partial charge is 0.156 e. The number of imidazole rings is 1. The zero-order chi connectivity index (χ0) is 24.0. The number of pyridine rings is 1. The van der Waals surface area contributed by atoms with E-state index in [1.54, 1.807) is 19.4 Å².